The van der Waals surface area contributed by atoms with Gasteiger partial charge in [-0.3, -0.25) is 0 Å². The minimum atomic E-state index is 0.382. The second-order valence-corrected chi connectivity index (χ2v) is 6.43. The maximum absolute atomic E-state index is 9.16. The van der Waals surface area contributed by atoms with Crippen molar-refractivity contribution in [1.82, 2.24) is 10.5 Å². The molecule has 2 aromatic carbocycles. The Hall–Kier alpha value is -3.10. The molecule has 3 rings (SSSR count). The average molecular weight is 361 g/mol. The number of hydrogen-bond acceptors (Lipinski definition) is 5. The highest BCUT2D eigenvalue weighted by Gasteiger charge is 2.08. The molecule has 0 radical (unpaired) electrons. The van der Waals surface area contributed by atoms with Gasteiger partial charge in [0.2, 0.25) is 0 Å². The number of hydrogen-bond donors (Lipinski definition) is 1. The van der Waals surface area contributed by atoms with Crippen molar-refractivity contribution >= 4 is 0 Å². The lowest BCUT2D eigenvalue weighted by Gasteiger charge is -2.10. The van der Waals surface area contributed by atoms with Gasteiger partial charge in [0.05, 0.1) is 17.3 Å². The van der Waals surface area contributed by atoms with Crippen LogP contribution < -0.4 is 10.1 Å². The maximum Gasteiger partial charge on any atom is 0.137 e. The van der Waals surface area contributed by atoms with Crippen LogP contribution in [-0.2, 0) is 19.6 Å². The molecule has 0 unspecified atom stereocenters. The van der Waals surface area contributed by atoms with Gasteiger partial charge in [0.1, 0.15) is 18.1 Å². The SMILES string of the molecule is Cc1noc(C)c1CCNCc1cccc(OCc2ccccc2C#N)c1. The van der Waals surface area contributed by atoms with Crippen molar-refractivity contribution < 1.29 is 9.26 Å². The van der Waals surface area contributed by atoms with Crippen LogP contribution in [0.25, 0.3) is 0 Å². The van der Waals surface area contributed by atoms with Crippen LogP contribution in [0, 0.1) is 25.2 Å². The van der Waals surface area contributed by atoms with Crippen molar-refractivity contribution in [3.05, 3.63) is 82.2 Å². The van der Waals surface area contributed by atoms with Crippen molar-refractivity contribution in [2.75, 3.05) is 6.54 Å². The highest BCUT2D eigenvalue weighted by atomic mass is 16.5. The monoisotopic (exact) mass is 361 g/mol. The van der Waals surface area contributed by atoms with Gasteiger partial charge in [-0.2, -0.15) is 5.26 Å². The third kappa shape index (κ3) is 4.96. The smallest absolute Gasteiger partial charge is 0.137 e. The number of aryl methyl sites for hydroxylation is 2. The average Bonchev–Trinajstić information content (AvgIpc) is 3.02. The van der Waals surface area contributed by atoms with Crippen molar-refractivity contribution in [2.24, 2.45) is 0 Å². The Morgan fingerprint density at radius 3 is 2.78 bits per heavy atom. The molecule has 0 amide bonds. The van der Waals surface area contributed by atoms with E-state index in [0.29, 0.717) is 12.2 Å². The number of ether oxygens (including phenoxy) is 1. The molecule has 138 valence electrons. The van der Waals surface area contributed by atoms with Gasteiger partial charge in [-0.25, -0.2) is 0 Å². The zero-order chi connectivity index (χ0) is 19.1. The molecule has 5 heteroatoms. The second-order valence-electron chi connectivity index (χ2n) is 6.43. The molecule has 0 aliphatic carbocycles. The van der Waals surface area contributed by atoms with Crippen LogP contribution >= 0.6 is 0 Å². The van der Waals surface area contributed by atoms with Gasteiger partial charge in [0.25, 0.3) is 0 Å². The predicted molar refractivity (Wildman–Crippen MR) is 103 cm³/mol. The molecule has 0 bridgehead atoms. The van der Waals surface area contributed by atoms with Crippen molar-refractivity contribution in [2.45, 2.75) is 33.4 Å². The maximum atomic E-state index is 9.16. The van der Waals surface area contributed by atoms with E-state index in [1.165, 1.54) is 5.56 Å². The topological polar surface area (TPSA) is 71.1 Å². The van der Waals surface area contributed by atoms with E-state index in [9.17, 15) is 0 Å². The van der Waals surface area contributed by atoms with E-state index in [4.69, 9.17) is 14.5 Å². The Morgan fingerprint density at radius 2 is 2.00 bits per heavy atom. The minimum absolute atomic E-state index is 0.382. The molecule has 0 saturated carbocycles. The van der Waals surface area contributed by atoms with Crippen LogP contribution in [0.3, 0.4) is 0 Å². The standard InChI is InChI=1S/C22H23N3O2/c1-16-22(17(2)27-25-16)10-11-24-14-18-6-5-9-21(12-18)26-15-20-8-4-3-7-19(20)13-23/h3-9,12,24H,10-11,14-15H2,1-2H3. The van der Waals surface area contributed by atoms with Crippen molar-refractivity contribution in [3.8, 4) is 11.8 Å². The summed E-state index contributed by atoms with van der Waals surface area (Å²) in [7, 11) is 0. The number of rotatable bonds is 8. The van der Waals surface area contributed by atoms with Gasteiger partial charge in [-0.05, 0) is 50.6 Å². The van der Waals surface area contributed by atoms with Gasteiger partial charge in [-0.1, -0.05) is 35.5 Å². The number of benzene rings is 2. The lowest BCUT2D eigenvalue weighted by molar-refractivity contribution is 0.305. The van der Waals surface area contributed by atoms with E-state index >= 15 is 0 Å². The molecule has 5 nitrogen and oxygen atoms in total. The first-order valence-corrected chi connectivity index (χ1v) is 8.99. The summed E-state index contributed by atoms with van der Waals surface area (Å²) in [6.45, 7) is 5.91. The molecule has 1 aromatic heterocycles. The summed E-state index contributed by atoms with van der Waals surface area (Å²) in [5.41, 5.74) is 4.83. The molecule has 1 heterocycles. The molecule has 0 aliphatic rings. The van der Waals surface area contributed by atoms with E-state index in [0.717, 1.165) is 47.8 Å². The first kappa shape index (κ1) is 18.7. The van der Waals surface area contributed by atoms with Gasteiger partial charge in [0.15, 0.2) is 0 Å². The molecule has 0 fully saturated rings. The molecule has 3 aromatic rings. The summed E-state index contributed by atoms with van der Waals surface area (Å²) in [6, 6.07) is 17.7. The molecular weight excluding hydrogens is 338 g/mol. The lowest BCUT2D eigenvalue weighted by Crippen LogP contribution is -2.17. The summed E-state index contributed by atoms with van der Waals surface area (Å²) >= 11 is 0. The first-order valence-electron chi connectivity index (χ1n) is 8.99. The fourth-order valence-corrected chi connectivity index (χ4v) is 2.97. The minimum Gasteiger partial charge on any atom is -0.489 e. The lowest BCUT2D eigenvalue weighted by atomic mass is 10.1. The molecule has 0 saturated heterocycles. The van der Waals surface area contributed by atoms with Gasteiger partial charge in [0, 0.05) is 17.7 Å². The molecule has 0 spiro atoms. The molecular formula is C22H23N3O2. The van der Waals surface area contributed by atoms with Crippen LogP contribution in [0.2, 0.25) is 0 Å². The van der Waals surface area contributed by atoms with Crippen LogP contribution in [-0.4, -0.2) is 11.7 Å². The number of nitriles is 1. The van der Waals surface area contributed by atoms with Crippen LogP contribution in [0.15, 0.2) is 53.1 Å². The summed E-state index contributed by atoms with van der Waals surface area (Å²) in [6.07, 6.45) is 0.891. The normalized spacial score (nSPS) is 10.6. The van der Waals surface area contributed by atoms with Gasteiger partial charge >= 0.3 is 0 Å². The Balaban J connectivity index is 1.51. The highest BCUT2D eigenvalue weighted by molar-refractivity contribution is 5.37. The summed E-state index contributed by atoms with van der Waals surface area (Å²) in [5.74, 6) is 1.69. The summed E-state index contributed by atoms with van der Waals surface area (Å²) < 4.78 is 11.1. The van der Waals surface area contributed by atoms with E-state index in [1.54, 1.807) is 6.07 Å². The van der Waals surface area contributed by atoms with Crippen molar-refractivity contribution in [3.63, 3.8) is 0 Å². The molecule has 0 atom stereocenters. The third-order valence-electron chi connectivity index (χ3n) is 4.49. The zero-order valence-corrected chi connectivity index (χ0v) is 15.7. The highest BCUT2D eigenvalue weighted by Crippen LogP contribution is 2.17. The van der Waals surface area contributed by atoms with E-state index in [-0.39, 0.29) is 0 Å². The summed E-state index contributed by atoms with van der Waals surface area (Å²) in [4.78, 5) is 0. The third-order valence-corrected chi connectivity index (χ3v) is 4.49. The molecule has 1 N–H and O–H groups in total. The van der Waals surface area contributed by atoms with Crippen LogP contribution in [0.1, 0.15) is 33.7 Å². The Morgan fingerprint density at radius 1 is 1.15 bits per heavy atom. The first-order chi connectivity index (χ1) is 13.2. The number of nitrogens with one attached hydrogen (secondary N) is 1. The number of nitrogens with zero attached hydrogens (tertiary/aromatic N) is 2. The fraction of sp³-hybridized carbons (Fsp3) is 0.273. The largest absolute Gasteiger partial charge is 0.489 e. The molecule has 0 aliphatic heterocycles. The second kappa shape index (κ2) is 9.02. The number of aromatic nitrogens is 1. The van der Waals surface area contributed by atoms with E-state index in [2.05, 4.69) is 22.6 Å². The van der Waals surface area contributed by atoms with Crippen molar-refractivity contribution in [1.29, 1.82) is 5.26 Å². The quantitative estimate of drug-likeness (QED) is 0.612. The Labute approximate surface area is 159 Å². The van der Waals surface area contributed by atoms with Crippen LogP contribution in [0.4, 0.5) is 0 Å². The Kier molecular flexibility index (Phi) is 6.24. The van der Waals surface area contributed by atoms with E-state index in [1.807, 2.05) is 50.2 Å². The summed E-state index contributed by atoms with van der Waals surface area (Å²) in [5, 5.41) is 16.6. The Bertz CT molecular complexity index is 921. The molecule has 27 heavy (non-hydrogen) atoms. The van der Waals surface area contributed by atoms with E-state index < -0.39 is 0 Å². The fourth-order valence-electron chi connectivity index (χ4n) is 2.97. The van der Waals surface area contributed by atoms with Crippen LogP contribution in [0.5, 0.6) is 5.75 Å². The van der Waals surface area contributed by atoms with Gasteiger partial charge < -0.3 is 14.6 Å². The zero-order valence-electron chi connectivity index (χ0n) is 15.7. The van der Waals surface area contributed by atoms with Gasteiger partial charge in [-0.15, -0.1) is 0 Å². The predicted octanol–water partition coefficient (Wildman–Crippen LogP) is 4.07.